The van der Waals surface area contributed by atoms with Crippen molar-refractivity contribution < 1.29 is 10.0 Å². The van der Waals surface area contributed by atoms with Crippen molar-refractivity contribution in [2.24, 2.45) is 0 Å². The number of nitrogens with one attached hydrogen (secondary N) is 2. The van der Waals surface area contributed by atoms with Crippen LogP contribution in [0.15, 0.2) is 51.5 Å². The Bertz CT molecular complexity index is 2190. The maximum absolute atomic E-state index is 12.7. The Morgan fingerprint density at radius 3 is 1.67 bits per heavy atom. The minimum atomic E-state index is -1.04. The molecule has 6 heterocycles. The minimum absolute atomic E-state index is 0.0523. The van der Waals surface area contributed by atoms with Crippen LogP contribution in [0.3, 0.4) is 0 Å². The molecule has 0 radical (unpaired) electrons. The summed E-state index contributed by atoms with van der Waals surface area (Å²) in [5.41, 5.74) is 3.16. The van der Waals surface area contributed by atoms with Crippen LogP contribution in [0.2, 0.25) is 5.82 Å². The van der Waals surface area contributed by atoms with Gasteiger partial charge in [-0.3, -0.25) is 29.2 Å². The molecule has 0 amide bonds. The monoisotopic (exact) mass is 720 g/mol. The van der Waals surface area contributed by atoms with E-state index in [4.69, 9.17) is 10.0 Å². The summed E-state index contributed by atoms with van der Waals surface area (Å²) < 4.78 is 6.80. The third-order valence-corrected chi connectivity index (χ3v) is 8.68. The predicted octanol–water partition coefficient (Wildman–Crippen LogP) is 3.34. The van der Waals surface area contributed by atoms with Gasteiger partial charge in [-0.2, -0.15) is 19.2 Å². The highest BCUT2D eigenvalue weighted by atomic mass is 79.9. The Kier molecular flexibility index (Phi) is 8.76. The number of fused-ring (bicyclic) bond motifs is 2. The van der Waals surface area contributed by atoms with Gasteiger partial charge in [-0.15, -0.1) is 0 Å². The van der Waals surface area contributed by atoms with Crippen LogP contribution in [0.4, 0.5) is 0 Å². The standard InChI is InChI=1S/C15H18N6O.C12H13BrN6O.C3H7BO2/c1-15(2,3)20-7-10(6-17-20)12-11(9-4-5-9)13(22)21-14(19-12)16-8-18-21;1-12(2,3)18-5-7(4-15-18)9-8(13)10(20)19-11(17-9)14-6-16-19;5-4(6)3-1-2-3/h6-9H,4-5H2,1-3H3,(H,16,18,19);4-6H,1-3H3,(H,14,16,17);3,5-6H,1-2H2. The molecule has 2 saturated carbocycles. The summed E-state index contributed by atoms with van der Waals surface area (Å²) in [6.07, 6.45) is 14.3. The van der Waals surface area contributed by atoms with E-state index >= 15 is 0 Å². The molecule has 0 saturated heterocycles. The predicted molar refractivity (Wildman–Crippen MR) is 182 cm³/mol. The van der Waals surface area contributed by atoms with E-state index in [-0.39, 0.29) is 28.0 Å². The molecule has 4 N–H and O–H groups in total. The molecule has 0 aliphatic heterocycles. The first kappa shape index (κ1) is 33.5. The smallest absolute Gasteiger partial charge is 0.427 e. The summed E-state index contributed by atoms with van der Waals surface area (Å²) in [5.74, 6) is 1.24. The molecule has 6 aromatic heterocycles. The van der Waals surface area contributed by atoms with Crippen molar-refractivity contribution in [2.45, 2.75) is 90.0 Å². The molecular weight excluding hydrogens is 683 g/mol. The number of aromatic nitrogens is 12. The molecule has 2 fully saturated rings. The zero-order chi connectivity index (χ0) is 34.5. The molecule has 0 unspecified atom stereocenters. The second-order valence-corrected chi connectivity index (χ2v) is 14.8. The Balaban J connectivity index is 0.000000143. The van der Waals surface area contributed by atoms with Gasteiger partial charge in [-0.1, -0.05) is 12.8 Å². The summed E-state index contributed by atoms with van der Waals surface area (Å²) in [6.45, 7) is 12.4. The van der Waals surface area contributed by atoms with Gasteiger partial charge in [0.05, 0.1) is 34.9 Å². The van der Waals surface area contributed by atoms with Crippen LogP contribution in [0.5, 0.6) is 0 Å². The van der Waals surface area contributed by atoms with Crippen molar-refractivity contribution in [3.8, 4) is 22.5 Å². The van der Waals surface area contributed by atoms with Gasteiger partial charge in [0.15, 0.2) is 0 Å². The molecular formula is C30H38BBrN12O4. The maximum Gasteiger partial charge on any atom is 0.454 e. The number of H-pyrrole nitrogens is 2. The van der Waals surface area contributed by atoms with Crippen LogP contribution in [-0.4, -0.2) is 75.9 Å². The first-order valence-corrected chi connectivity index (χ1v) is 16.5. The van der Waals surface area contributed by atoms with Gasteiger partial charge in [0.2, 0.25) is 0 Å². The SMILES string of the molecule is CC(C)(C)n1cc(-c2nc3nc[nH]n3c(=O)c2Br)cn1.CC(C)(C)n1cc(-c2nc3nc[nH]n3c(=O)c2C2CC2)cn1.OB(O)C1CC1. The topological polar surface area (TPSA) is 202 Å². The summed E-state index contributed by atoms with van der Waals surface area (Å²) >= 11 is 3.30. The normalized spacial score (nSPS) is 14.9. The highest BCUT2D eigenvalue weighted by molar-refractivity contribution is 9.10. The van der Waals surface area contributed by atoms with Crippen LogP contribution >= 0.6 is 15.9 Å². The Morgan fingerprint density at radius 1 is 0.771 bits per heavy atom. The van der Waals surface area contributed by atoms with E-state index in [1.807, 2.05) is 21.8 Å². The third kappa shape index (κ3) is 6.91. The molecule has 8 rings (SSSR count). The van der Waals surface area contributed by atoms with E-state index in [1.165, 1.54) is 21.7 Å². The lowest BCUT2D eigenvalue weighted by Crippen LogP contribution is -2.22. The van der Waals surface area contributed by atoms with Gasteiger partial charge < -0.3 is 10.0 Å². The van der Waals surface area contributed by atoms with Crippen molar-refractivity contribution in [3.05, 3.63) is 68.2 Å². The van der Waals surface area contributed by atoms with Crippen molar-refractivity contribution in [1.29, 1.82) is 0 Å². The zero-order valence-corrected chi connectivity index (χ0v) is 29.2. The first-order chi connectivity index (χ1) is 22.6. The molecule has 48 heavy (non-hydrogen) atoms. The fraction of sp³-hybridized carbons (Fsp3) is 0.467. The van der Waals surface area contributed by atoms with E-state index in [0.717, 1.165) is 48.1 Å². The van der Waals surface area contributed by atoms with E-state index in [2.05, 4.69) is 97.8 Å². The van der Waals surface area contributed by atoms with Gasteiger partial charge in [-0.25, -0.2) is 19.9 Å². The Morgan fingerprint density at radius 2 is 1.25 bits per heavy atom. The average Bonchev–Trinajstić information content (AvgIpc) is 3.75. The summed E-state index contributed by atoms with van der Waals surface area (Å²) in [5, 5.41) is 30.8. The minimum Gasteiger partial charge on any atom is -0.427 e. The second-order valence-electron chi connectivity index (χ2n) is 14.0. The fourth-order valence-electron chi connectivity index (χ4n) is 4.88. The molecule has 2 aliphatic rings. The highest BCUT2D eigenvalue weighted by Gasteiger charge is 2.33. The molecule has 6 aromatic rings. The Hall–Kier alpha value is -4.42. The van der Waals surface area contributed by atoms with Gasteiger partial charge >= 0.3 is 7.12 Å². The number of rotatable bonds is 4. The quantitative estimate of drug-likeness (QED) is 0.196. The maximum atomic E-state index is 12.7. The van der Waals surface area contributed by atoms with E-state index < -0.39 is 7.12 Å². The zero-order valence-electron chi connectivity index (χ0n) is 27.6. The highest BCUT2D eigenvalue weighted by Crippen LogP contribution is 2.42. The second kappa shape index (κ2) is 12.6. The lowest BCUT2D eigenvalue weighted by atomic mass is 9.84. The van der Waals surface area contributed by atoms with Crippen LogP contribution in [0.1, 0.15) is 78.7 Å². The Labute approximate surface area is 283 Å². The fourth-order valence-corrected chi connectivity index (χ4v) is 5.37. The summed E-state index contributed by atoms with van der Waals surface area (Å²) in [4.78, 5) is 42.0. The van der Waals surface area contributed by atoms with E-state index in [9.17, 15) is 9.59 Å². The molecule has 0 aromatic carbocycles. The molecule has 2 aliphatic carbocycles. The van der Waals surface area contributed by atoms with Crippen molar-refractivity contribution in [3.63, 3.8) is 0 Å². The molecule has 16 nitrogen and oxygen atoms in total. The molecule has 18 heteroatoms. The third-order valence-electron chi connectivity index (χ3n) is 7.96. The number of nitrogens with zero attached hydrogens (tertiary/aromatic N) is 10. The summed E-state index contributed by atoms with van der Waals surface area (Å²) in [7, 11) is -1.04. The number of halogens is 1. The number of hydrogen-bond donors (Lipinski definition) is 4. The van der Waals surface area contributed by atoms with Gasteiger partial charge in [0.25, 0.3) is 22.7 Å². The molecule has 0 atom stereocenters. The lowest BCUT2D eigenvalue weighted by molar-refractivity contribution is 0.355. The van der Waals surface area contributed by atoms with Crippen molar-refractivity contribution in [1.82, 2.24) is 58.7 Å². The van der Waals surface area contributed by atoms with Crippen LogP contribution in [0, 0.1) is 0 Å². The van der Waals surface area contributed by atoms with Crippen LogP contribution in [-0.2, 0) is 11.1 Å². The molecule has 252 valence electrons. The molecule has 0 spiro atoms. The largest absolute Gasteiger partial charge is 0.454 e. The van der Waals surface area contributed by atoms with Crippen LogP contribution in [0.25, 0.3) is 34.1 Å². The molecule has 0 bridgehead atoms. The first-order valence-electron chi connectivity index (χ1n) is 15.7. The van der Waals surface area contributed by atoms with Gasteiger partial charge in [0, 0.05) is 29.1 Å². The summed E-state index contributed by atoms with van der Waals surface area (Å²) in [6, 6.07) is 0. The van der Waals surface area contributed by atoms with Gasteiger partial charge in [0.1, 0.15) is 17.1 Å². The lowest BCUT2D eigenvalue weighted by Gasteiger charge is -2.18. The number of hydrogen-bond acceptors (Lipinski definition) is 10. The van der Waals surface area contributed by atoms with Crippen molar-refractivity contribution in [2.75, 3.05) is 0 Å². The van der Waals surface area contributed by atoms with E-state index in [1.54, 1.807) is 12.4 Å². The van der Waals surface area contributed by atoms with Crippen molar-refractivity contribution >= 4 is 34.6 Å². The number of aromatic amines is 2. The van der Waals surface area contributed by atoms with E-state index in [0.29, 0.717) is 27.6 Å². The van der Waals surface area contributed by atoms with Crippen LogP contribution < -0.4 is 11.1 Å². The van der Waals surface area contributed by atoms with Gasteiger partial charge in [-0.05, 0) is 82.0 Å². The average molecular weight is 721 g/mol.